The number of H-pyrrole nitrogens is 1. The number of thiazole rings is 1. The number of rotatable bonds is 7. The maximum atomic E-state index is 13.4. The number of hydrogen-bond donors (Lipinski definition) is 2. The zero-order valence-corrected chi connectivity index (χ0v) is 20.2. The minimum Gasteiger partial charge on any atom is -0.301 e. The second-order valence-corrected chi connectivity index (χ2v) is 10.9. The fraction of sp³-hybridized carbons (Fsp3) is 0.0417. The highest BCUT2D eigenvalue weighted by molar-refractivity contribution is 8.00. The van der Waals surface area contributed by atoms with Crippen molar-refractivity contribution in [2.75, 3.05) is 11.1 Å². The zero-order valence-electron chi connectivity index (χ0n) is 17.7. The van der Waals surface area contributed by atoms with Crippen LogP contribution in [0.25, 0.3) is 22.3 Å². The first-order chi connectivity index (χ1) is 16.5. The van der Waals surface area contributed by atoms with Gasteiger partial charge in [0.05, 0.1) is 11.4 Å². The Morgan fingerprint density at radius 2 is 1.65 bits per heavy atom. The Balaban J connectivity index is 1.37. The summed E-state index contributed by atoms with van der Waals surface area (Å²) in [6.07, 6.45) is 0. The van der Waals surface area contributed by atoms with Crippen LogP contribution in [-0.4, -0.2) is 30.0 Å². The highest BCUT2D eigenvalue weighted by atomic mass is 32.2. The summed E-state index contributed by atoms with van der Waals surface area (Å²) in [4.78, 5) is 20.4. The molecule has 1 amide bonds. The predicted molar refractivity (Wildman–Crippen MR) is 134 cm³/mol. The molecule has 0 aliphatic carbocycles. The van der Waals surface area contributed by atoms with Crippen molar-refractivity contribution in [1.82, 2.24) is 9.97 Å². The Morgan fingerprint density at radius 3 is 2.41 bits per heavy atom. The van der Waals surface area contributed by atoms with E-state index < -0.39 is 10.0 Å². The van der Waals surface area contributed by atoms with E-state index in [1.165, 1.54) is 15.3 Å². The van der Waals surface area contributed by atoms with Gasteiger partial charge in [0.25, 0.3) is 0 Å². The van der Waals surface area contributed by atoms with E-state index in [2.05, 4.69) is 15.3 Å². The normalized spacial score (nSPS) is 11.5. The van der Waals surface area contributed by atoms with Crippen LogP contribution in [-0.2, 0) is 14.8 Å². The Bertz CT molecular complexity index is 1560. The molecule has 0 spiro atoms. The summed E-state index contributed by atoms with van der Waals surface area (Å²) < 4.78 is 28.1. The van der Waals surface area contributed by atoms with Crippen LogP contribution < -0.4 is 9.29 Å². The van der Waals surface area contributed by atoms with Crippen molar-refractivity contribution in [3.05, 3.63) is 90.3 Å². The topological polar surface area (TPSA) is 95.8 Å². The third kappa shape index (κ3) is 4.47. The lowest BCUT2D eigenvalue weighted by atomic mass is 10.2. The molecule has 0 unspecified atom stereocenters. The number of para-hydroxylation sites is 2. The first kappa shape index (κ1) is 22.3. The van der Waals surface area contributed by atoms with Gasteiger partial charge in [-0.05, 0) is 36.0 Å². The van der Waals surface area contributed by atoms with Gasteiger partial charge in [-0.3, -0.25) is 4.79 Å². The van der Waals surface area contributed by atoms with E-state index >= 15 is 0 Å². The summed E-state index contributed by atoms with van der Waals surface area (Å²) in [6, 6.07) is 25.1. The molecule has 0 radical (unpaired) electrons. The Kier molecular flexibility index (Phi) is 6.18. The van der Waals surface area contributed by atoms with Crippen LogP contribution >= 0.6 is 23.1 Å². The molecule has 5 rings (SSSR count). The van der Waals surface area contributed by atoms with Crippen LogP contribution in [0, 0.1) is 0 Å². The fourth-order valence-corrected chi connectivity index (χ4v) is 6.74. The average Bonchev–Trinajstić information content (AvgIpc) is 3.48. The molecule has 0 bridgehead atoms. The van der Waals surface area contributed by atoms with Crippen LogP contribution in [0.1, 0.15) is 0 Å². The largest absolute Gasteiger partial charge is 0.336 e. The van der Waals surface area contributed by atoms with Gasteiger partial charge in [0.1, 0.15) is 4.90 Å². The number of anilines is 1. The zero-order chi connectivity index (χ0) is 23.5. The number of thioether (sulfide) groups is 1. The van der Waals surface area contributed by atoms with Crippen LogP contribution in [0.3, 0.4) is 0 Å². The molecule has 0 atom stereocenters. The van der Waals surface area contributed by atoms with Crippen LogP contribution in [0.15, 0.2) is 100 Å². The first-order valence-corrected chi connectivity index (χ1v) is 13.6. The number of carbonyl (C=O) groups excluding carboxylic acids is 1. The third-order valence-electron chi connectivity index (χ3n) is 4.99. The molecule has 0 aliphatic rings. The molecule has 2 heterocycles. The molecule has 0 fully saturated rings. The number of aromatic amines is 1. The molecule has 10 heteroatoms. The van der Waals surface area contributed by atoms with E-state index in [1.54, 1.807) is 48.5 Å². The molecule has 170 valence electrons. The number of hydrogen-bond acceptors (Lipinski definition) is 6. The van der Waals surface area contributed by atoms with Crippen LogP contribution in [0.5, 0.6) is 0 Å². The van der Waals surface area contributed by atoms with Crippen molar-refractivity contribution in [2.24, 2.45) is 0 Å². The molecule has 2 aromatic heterocycles. The summed E-state index contributed by atoms with van der Waals surface area (Å²) >= 11 is 2.46. The van der Waals surface area contributed by atoms with Gasteiger partial charge < -0.3 is 5.32 Å². The van der Waals surface area contributed by atoms with Gasteiger partial charge in [-0.15, -0.1) is 15.3 Å². The quantitative estimate of drug-likeness (QED) is 0.249. The lowest BCUT2D eigenvalue weighted by Gasteiger charge is -2.04. The molecule has 0 aliphatic heterocycles. The van der Waals surface area contributed by atoms with Gasteiger partial charge in [0.2, 0.25) is 5.91 Å². The molecular weight excluding hydrogens is 488 g/mol. The lowest BCUT2D eigenvalue weighted by molar-refractivity contribution is -0.526. The monoisotopic (exact) mass is 507 g/mol. The minimum absolute atomic E-state index is 0.0113. The number of nitrogens with one attached hydrogen (secondary N) is 2. The average molecular weight is 508 g/mol. The third-order valence-corrected chi connectivity index (χ3v) is 8.56. The number of benzene rings is 3. The summed E-state index contributed by atoms with van der Waals surface area (Å²) in [5.41, 5.74) is 2.94. The molecule has 34 heavy (non-hydrogen) atoms. The summed E-state index contributed by atoms with van der Waals surface area (Å²) in [5.74, 6) is -0.265. The number of imidazole rings is 1. The van der Waals surface area contributed by atoms with E-state index in [0.717, 1.165) is 23.0 Å². The van der Waals surface area contributed by atoms with Crippen molar-refractivity contribution in [2.45, 2.75) is 10.1 Å². The van der Waals surface area contributed by atoms with Gasteiger partial charge in [-0.2, -0.15) is 8.42 Å². The molecule has 3 aromatic carbocycles. The highest BCUT2D eigenvalue weighted by Crippen LogP contribution is 2.25. The summed E-state index contributed by atoms with van der Waals surface area (Å²) in [6.45, 7) is 0. The molecule has 0 saturated heterocycles. The number of aromatic nitrogens is 3. The summed E-state index contributed by atoms with van der Waals surface area (Å²) in [7, 11) is -3.86. The van der Waals surface area contributed by atoms with Crippen molar-refractivity contribution < 1.29 is 17.2 Å². The van der Waals surface area contributed by atoms with Crippen molar-refractivity contribution in [3.63, 3.8) is 0 Å². The smallest absolute Gasteiger partial charge is 0.301 e. The molecular formula is C24H19N4O3S3+. The highest BCUT2D eigenvalue weighted by Gasteiger charge is 2.31. The predicted octanol–water partition coefficient (Wildman–Crippen LogP) is 4.55. The van der Waals surface area contributed by atoms with Crippen molar-refractivity contribution in [1.29, 1.82) is 0 Å². The van der Waals surface area contributed by atoms with Gasteiger partial charge in [-0.1, -0.05) is 60.7 Å². The van der Waals surface area contributed by atoms with Gasteiger partial charge >= 0.3 is 15.2 Å². The van der Waals surface area contributed by atoms with Gasteiger partial charge in [0, 0.05) is 10.9 Å². The molecule has 0 saturated carbocycles. The first-order valence-electron chi connectivity index (χ1n) is 10.3. The molecule has 7 nitrogen and oxygen atoms in total. The van der Waals surface area contributed by atoms with E-state index in [-0.39, 0.29) is 16.6 Å². The number of amides is 1. The van der Waals surface area contributed by atoms with Crippen LogP contribution in [0.2, 0.25) is 0 Å². The maximum Gasteiger partial charge on any atom is 0.336 e. The number of fused-ring (bicyclic) bond motifs is 1. The standard InChI is InChI=1S/C24H18N4O3S3/c29-22(27-23-25-20(15-32-23)17-9-3-1-4-10-17)16-33-24-26-19-13-7-8-14-21(19)28(24)34(30,31)18-11-5-2-6-12-18/h1-15H,16H2,(H,25,27,29)/p+1. The number of nitrogens with zero attached hydrogens (tertiary/aromatic N) is 2. The SMILES string of the molecule is O=C(CSc1[nH]c2ccccc2[n+]1S(=O)(=O)c1ccccc1)Nc1nc(-c2ccccc2)cs1. The maximum absolute atomic E-state index is 13.4. The van der Waals surface area contributed by atoms with Crippen molar-refractivity contribution >= 4 is 55.2 Å². The summed E-state index contributed by atoms with van der Waals surface area (Å²) in [5, 5.41) is 5.53. The van der Waals surface area contributed by atoms with E-state index in [0.29, 0.717) is 21.3 Å². The van der Waals surface area contributed by atoms with E-state index in [1.807, 2.05) is 41.8 Å². The Hall–Kier alpha value is -3.47. The van der Waals surface area contributed by atoms with Gasteiger partial charge in [0.15, 0.2) is 16.2 Å². The molecule has 2 N–H and O–H groups in total. The van der Waals surface area contributed by atoms with Gasteiger partial charge in [-0.25, -0.2) is 9.97 Å². The second-order valence-electron chi connectivity index (χ2n) is 7.27. The Morgan fingerprint density at radius 1 is 0.971 bits per heavy atom. The minimum atomic E-state index is -3.86. The molecule has 5 aromatic rings. The second kappa shape index (κ2) is 9.41. The number of carbonyl (C=O) groups is 1. The fourth-order valence-electron chi connectivity index (χ4n) is 3.42. The van der Waals surface area contributed by atoms with E-state index in [4.69, 9.17) is 0 Å². The lowest BCUT2D eigenvalue weighted by Crippen LogP contribution is -2.44. The van der Waals surface area contributed by atoms with Crippen molar-refractivity contribution in [3.8, 4) is 11.3 Å². The Labute approximate surface area is 204 Å². The van der Waals surface area contributed by atoms with Crippen LogP contribution in [0.4, 0.5) is 5.13 Å². The van der Waals surface area contributed by atoms with E-state index in [9.17, 15) is 13.2 Å².